The maximum Gasteiger partial charge on any atom is 0.255 e. The van der Waals surface area contributed by atoms with Gasteiger partial charge < -0.3 is 15.1 Å². The minimum Gasteiger partial charge on any atom is -0.396 e. The van der Waals surface area contributed by atoms with Gasteiger partial charge in [-0.2, -0.15) is 0 Å². The van der Waals surface area contributed by atoms with Crippen LogP contribution in [0.3, 0.4) is 0 Å². The van der Waals surface area contributed by atoms with Crippen molar-refractivity contribution < 1.29 is 15.0 Å². The molecule has 2 N–H and O–H groups in total. The van der Waals surface area contributed by atoms with Crippen molar-refractivity contribution in [2.24, 2.45) is 0 Å². The topological polar surface area (TPSA) is 60.8 Å². The third kappa shape index (κ3) is 4.89. The molecule has 21 heavy (non-hydrogen) atoms. The molecule has 0 aliphatic carbocycles. The predicted molar refractivity (Wildman–Crippen MR) is 83.0 cm³/mol. The minimum atomic E-state index is -0.236. The Morgan fingerprint density at radius 3 is 2.62 bits per heavy atom. The lowest BCUT2D eigenvalue weighted by atomic mass is 10.0. The number of aliphatic hydroxyl groups excluding tert-OH is 2. The van der Waals surface area contributed by atoms with Crippen LogP contribution in [0.4, 0.5) is 0 Å². The predicted octanol–water partition coefficient (Wildman–Crippen LogP) is 1.57. The Kier molecular flexibility index (Phi) is 6.93. The van der Waals surface area contributed by atoms with Gasteiger partial charge in [0.15, 0.2) is 0 Å². The maximum atomic E-state index is 12.7. The minimum absolute atomic E-state index is 0.0454. The van der Waals surface area contributed by atoms with E-state index in [4.69, 9.17) is 10.2 Å². The number of benzene rings is 1. The molecule has 114 valence electrons. The first-order valence-electron chi connectivity index (χ1n) is 7.13. The van der Waals surface area contributed by atoms with Crippen LogP contribution in [0.1, 0.15) is 41.8 Å². The summed E-state index contributed by atoms with van der Waals surface area (Å²) in [6.07, 6.45) is 0.549. The molecule has 0 heterocycles. The summed E-state index contributed by atoms with van der Waals surface area (Å²) in [7, 11) is 0. The lowest BCUT2D eigenvalue weighted by Gasteiger charge is -2.27. The number of aliphatic hydroxyl groups is 2. The Bertz CT molecular complexity index is 541. The van der Waals surface area contributed by atoms with Gasteiger partial charge in [0.05, 0.1) is 5.56 Å². The molecule has 0 saturated carbocycles. The number of carbonyl (C=O) groups excluding carboxylic acids is 1. The molecule has 0 radical (unpaired) electrons. The van der Waals surface area contributed by atoms with Crippen molar-refractivity contribution in [1.82, 2.24) is 4.90 Å². The van der Waals surface area contributed by atoms with Gasteiger partial charge >= 0.3 is 0 Å². The number of hydrogen-bond acceptors (Lipinski definition) is 3. The van der Waals surface area contributed by atoms with Crippen LogP contribution in [-0.2, 0) is 0 Å². The van der Waals surface area contributed by atoms with E-state index in [-0.39, 0.29) is 25.2 Å². The van der Waals surface area contributed by atoms with Crippen molar-refractivity contribution in [3.63, 3.8) is 0 Å². The Morgan fingerprint density at radius 1 is 1.33 bits per heavy atom. The number of carbonyl (C=O) groups is 1. The van der Waals surface area contributed by atoms with E-state index < -0.39 is 0 Å². The highest BCUT2D eigenvalue weighted by atomic mass is 16.3. The Labute approximate surface area is 126 Å². The maximum absolute atomic E-state index is 12.7. The Morgan fingerprint density at radius 2 is 2.05 bits per heavy atom. The van der Waals surface area contributed by atoms with E-state index in [9.17, 15) is 4.79 Å². The highest BCUT2D eigenvalue weighted by Crippen LogP contribution is 2.15. The van der Waals surface area contributed by atoms with E-state index in [2.05, 4.69) is 11.8 Å². The largest absolute Gasteiger partial charge is 0.396 e. The van der Waals surface area contributed by atoms with Gasteiger partial charge in [0, 0.05) is 24.8 Å². The van der Waals surface area contributed by atoms with E-state index in [1.807, 2.05) is 32.9 Å². The average molecular weight is 289 g/mol. The van der Waals surface area contributed by atoms with Crippen molar-refractivity contribution in [2.75, 3.05) is 19.8 Å². The fourth-order valence-corrected chi connectivity index (χ4v) is 2.07. The summed E-state index contributed by atoms with van der Waals surface area (Å²) < 4.78 is 0. The molecule has 0 bridgehead atoms. The summed E-state index contributed by atoms with van der Waals surface area (Å²) in [6.45, 7) is 6.16. The van der Waals surface area contributed by atoms with Gasteiger partial charge in [0.25, 0.3) is 5.91 Å². The fraction of sp³-hybridized carbons (Fsp3) is 0.471. The van der Waals surface area contributed by atoms with Crippen LogP contribution in [0.25, 0.3) is 0 Å². The molecule has 0 aliphatic heterocycles. The summed E-state index contributed by atoms with van der Waals surface area (Å²) in [5.41, 5.74) is 2.18. The summed E-state index contributed by atoms with van der Waals surface area (Å²) in [6, 6.07) is 5.54. The van der Waals surface area contributed by atoms with Gasteiger partial charge in [-0.3, -0.25) is 4.79 Å². The lowest BCUT2D eigenvalue weighted by molar-refractivity contribution is 0.0693. The van der Waals surface area contributed by atoms with Crippen molar-refractivity contribution in [3.8, 4) is 11.8 Å². The average Bonchev–Trinajstić information content (AvgIpc) is 2.45. The lowest BCUT2D eigenvalue weighted by Crippen LogP contribution is -2.38. The number of nitrogens with zero attached hydrogens (tertiary/aromatic N) is 1. The molecule has 1 amide bonds. The van der Waals surface area contributed by atoms with E-state index in [0.717, 1.165) is 5.56 Å². The van der Waals surface area contributed by atoms with Gasteiger partial charge in [-0.15, -0.1) is 0 Å². The zero-order valence-corrected chi connectivity index (χ0v) is 12.9. The SMILES string of the molecule is Cc1ccc(C(=O)N(CCCO)C(C)C)c(C#CCO)c1. The number of aryl methyl sites for hydroxylation is 1. The third-order valence-electron chi connectivity index (χ3n) is 3.15. The standard InChI is InChI=1S/C17H23NO3/c1-13(2)18(9-5-11-20)17(21)16-8-7-14(3)12-15(16)6-4-10-19/h7-8,12-13,19-20H,5,9-11H2,1-3H3. The van der Waals surface area contributed by atoms with Gasteiger partial charge in [0.2, 0.25) is 0 Å². The number of hydrogen-bond donors (Lipinski definition) is 2. The summed E-state index contributed by atoms with van der Waals surface area (Å²) >= 11 is 0. The normalized spacial score (nSPS) is 10.2. The molecular formula is C17H23NO3. The van der Waals surface area contributed by atoms with Gasteiger partial charge in [-0.25, -0.2) is 0 Å². The second kappa shape index (κ2) is 8.46. The van der Waals surface area contributed by atoms with Gasteiger partial charge in [-0.1, -0.05) is 17.9 Å². The summed E-state index contributed by atoms with van der Waals surface area (Å²) in [4.78, 5) is 14.4. The monoisotopic (exact) mass is 289 g/mol. The smallest absolute Gasteiger partial charge is 0.255 e. The quantitative estimate of drug-likeness (QED) is 0.809. The first kappa shape index (κ1) is 17.2. The van der Waals surface area contributed by atoms with Crippen LogP contribution >= 0.6 is 0 Å². The zero-order chi connectivity index (χ0) is 15.8. The molecule has 1 aromatic carbocycles. The summed E-state index contributed by atoms with van der Waals surface area (Å²) in [5, 5.41) is 17.8. The van der Waals surface area contributed by atoms with Crippen LogP contribution < -0.4 is 0 Å². The van der Waals surface area contributed by atoms with Gasteiger partial charge in [-0.05, 0) is 44.9 Å². The van der Waals surface area contributed by atoms with Crippen LogP contribution in [-0.4, -0.2) is 46.8 Å². The van der Waals surface area contributed by atoms with E-state index in [1.165, 1.54) is 0 Å². The van der Waals surface area contributed by atoms with Crippen LogP contribution in [0, 0.1) is 18.8 Å². The highest BCUT2D eigenvalue weighted by molar-refractivity contribution is 5.97. The fourth-order valence-electron chi connectivity index (χ4n) is 2.07. The van der Waals surface area contributed by atoms with Crippen molar-refractivity contribution >= 4 is 5.91 Å². The first-order valence-corrected chi connectivity index (χ1v) is 7.13. The Hall–Kier alpha value is -1.83. The molecule has 0 unspecified atom stereocenters. The van der Waals surface area contributed by atoms with Crippen molar-refractivity contribution in [3.05, 3.63) is 34.9 Å². The molecule has 0 aromatic heterocycles. The second-order valence-corrected chi connectivity index (χ2v) is 5.18. The van der Waals surface area contributed by atoms with E-state index in [0.29, 0.717) is 24.1 Å². The van der Waals surface area contributed by atoms with E-state index in [1.54, 1.807) is 11.0 Å². The van der Waals surface area contributed by atoms with Gasteiger partial charge in [0.1, 0.15) is 6.61 Å². The Balaban J connectivity index is 3.14. The molecule has 4 heteroatoms. The summed E-state index contributed by atoms with van der Waals surface area (Å²) in [5.74, 6) is 5.33. The third-order valence-corrected chi connectivity index (χ3v) is 3.15. The first-order chi connectivity index (χ1) is 10.0. The molecule has 1 rings (SSSR count). The molecule has 0 saturated heterocycles. The van der Waals surface area contributed by atoms with Crippen molar-refractivity contribution in [1.29, 1.82) is 0 Å². The molecule has 0 fully saturated rings. The van der Waals surface area contributed by atoms with E-state index >= 15 is 0 Å². The van der Waals surface area contributed by atoms with Crippen LogP contribution in [0.5, 0.6) is 0 Å². The molecule has 0 spiro atoms. The molecule has 1 aromatic rings. The highest BCUT2D eigenvalue weighted by Gasteiger charge is 2.20. The molecular weight excluding hydrogens is 266 g/mol. The number of amides is 1. The second-order valence-electron chi connectivity index (χ2n) is 5.18. The molecule has 4 nitrogen and oxygen atoms in total. The molecule has 0 atom stereocenters. The van der Waals surface area contributed by atoms with Crippen LogP contribution in [0.15, 0.2) is 18.2 Å². The molecule has 0 aliphatic rings. The number of rotatable bonds is 5. The zero-order valence-electron chi connectivity index (χ0n) is 12.9. The van der Waals surface area contributed by atoms with Crippen molar-refractivity contribution in [2.45, 2.75) is 33.2 Å². The van der Waals surface area contributed by atoms with Crippen LogP contribution in [0.2, 0.25) is 0 Å².